The predicted molar refractivity (Wildman–Crippen MR) is 165 cm³/mol. The third kappa shape index (κ3) is 6.37. The number of aromatic nitrogens is 1. The number of piperidine rings is 1. The number of carbonyl (C=O) groups excluding carboxylic acids is 1. The van der Waals surface area contributed by atoms with Crippen LogP contribution in [0, 0.1) is 24.4 Å². The Morgan fingerprint density at radius 3 is 2.40 bits per heavy atom. The van der Waals surface area contributed by atoms with Crippen molar-refractivity contribution in [2.24, 2.45) is 0 Å². The van der Waals surface area contributed by atoms with Crippen LogP contribution in [-0.2, 0) is 5.41 Å². The van der Waals surface area contributed by atoms with Crippen LogP contribution in [0.3, 0.4) is 0 Å². The van der Waals surface area contributed by atoms with E-state index < -0.39 is 11.6 Å². The highest BCUT2D eigenvalue weighted by Gasteiger charge is 2.46. The molecule has 1 spiro atoms. The van der Waals surface area contributed by atoms with Crippen LogP contribution >= 0.6 is 23.4 Å². The molecule has 0 unspecified atom stereocenters. The molecule has 3 heterocycles. The van der Waals surface area contributed by atoms with E-state index in [1.807, 2.05) is 30.0 Å². The van der Waals surface area contributed by atoms with Gasteiger partial charge in [-0.15, -0.1) is 0 Å². The van der Waals surface area contributed by atoms with Crippen LogP contribution in [0.25, 0.3) is 6.08 Å². The maximum absolute atomic E-state index is 14.0. The number of nitrogens with zero attached hydrogens (tertiary/aromatic N) is 3. The molecule has 43 heavy (non-hydrogen) atoms. The first-order valence-corrected chi connectivity index (χ1v) is 15.3. The lowest BCUT2D eigenvalue weighted by atomic mass is 9.74. The summed E-state index contributed by atoms with van der Waals surface area (Å²) >= 11 is 7.77. The highest BCUT2D eigenvalue weighted by atomic mass is 35.5. The van der Waals surface area contributed by atoms with E-state index in [0.717, 1.165) is 53.0 Å². The number of benzene rings is 3. The van der Waals surface area contributed by atoms with E-state index in [0.29, 0.717) is 29.9 Å². The number of amides is 1. The average Bonchev–Trinajstić information content (AvgIpc) is 3.28. The Morgan fingerprint density at radius 1 is 0.953 bits per heavy atom. The van der Waals surface area contributed by atoms with Gasteiger partial charge in [-0.05, 0) is 105 Å². The first kappa shape index (κ1) is 29.5. The fourth-order valence-electron chi connectivity index (χ4n) is 6.00. The molecule has 1 saturated heterocycles. The summed E-state index contributed by atoms with van der Waals surface area (Å²) in [5.74, 6) is -1.57. The second-order valence-electron chi connectivity index (χ2n) is 11.1. The zero-order valence-corrected chi connectivity index (χ0v) is 25.1. The van der Waals surface area contributed by atoms with E-state index in [1.165, 1.54) is 24.3 Å². The largest absolute Gasteiger partial charge is 0.307 e. The summed E-state index contributed by atoms with van der Waals surface area (Å²) in [6.45, 7) is 4.60. The van der Waals surface area contributed by atoms with Crippen molar-refractivity contribution in [2.75, 3.05) is 31.1 Å². The van der Waals surface area contributed by atoms with Crippen LogP contribution in [0.1, 0.15) is 40.0 Å². The number of fused-ring (bicyclic) bond motifs is 2. The van der Waals surface area contributed by atoms with Crippen molar-refractivity contribution >= 4 is 41.0 Å². The van der Waals surface area contributed by atoms with Gasteiger partial charge < -0.3 is 4.90 Å². The molecule has 9 heteroatoms. The molecule has 6 rings (SSSR count). The lowest BCUT2D eigenvalue weighted by molar-refractivity contribution is 0.0977. The summed E-state index contributed by atoms with van der Waals surface area (Å²) in [5.41, 5.74) is 3.32. The molecule has 0 saturated carbocycles. The third-order valence-corrected chi connectivity index (χ3v) is 9.38. The smallest absolute Gasteiger partial charge is 0.258 e. The van der Waals surface area contributed by atoms with Crippen molar-refractivity contribution < 1.29 is 18.0 Å². The SMILES string of the molecule is Cc1cc(C(=O)N2CC3(CCN(CC=Cc4ccc(F)cc4F)CC3)c3cc(Sc4ccc(F)cc4)ccc32)cc(Cl)n1. The fraction of sp³-hybridized carbons (Fsp3) is 0.235. The van der Waals surface area contributed by atoms with Gasteiger partial charge in [0, 0.05) is 56.9 Å². The molecule has 0 radical (unpaired) electrons. The molecular formula is C34H29ClF3N3OS. The fourth-order valence-corrected chi connectivity index (χ4v) is 7.10. The molecule has 0 atom stereocenters. The summed E-state index contributed by atoms with van der Waals surface area (Å²) in [5, 5.41) is 0.283. The molecule has 1 aromatic heterocycles. The van der Waals surface area contributed by atoms with Gasteiger partial charge in [0.1, 0.15) is 22.6 Å². The Bertz CT molecular complexity index is 1680. The Balaban J connectivity index is 1.25. The van der Waals surface area contributed by atoms with Gasteiger partial charge in [0.25, 0.3) is 5.91 Å². The number of hydrogen-bond acceptors (Lipinski definition) is 4. The summed E-state index contributed by atoms with van der Waals surface area (Å²) in [4.78, 5) is 24.2. The standard InChI is InChI=1S/C34H29ClF3N3OS/c1-22-17-24(18-32(35)39-22)33(42)41-21-34(29-20-28(10-11-31(29)41)43-27-8-6-25(36)7-9-27)12-15-40(16-13-34)14-2-3-23-4-5-26(37)19-30(23)38/h2-11,17-20H,12-16,21H2,1H3. The Hall–Kier alpha value is -3.59. The minimum atomic E-state index is -0.596. The number of halogens is 4. The van der Waals surface area contributed by atoms with Crippen LogP contribution in [0.2, 0.25) is 5.15 Å². The minimum Gasteiger partial charge on any atom is -0.307 e. The number of rotatable bonds is 6. The maximum Gasteiger partial charge on any atom is 0.258 e. The zero-order chi connectivity index (χ0) is 30.1. The van der Waals surface area contributed by atoms with E-state index in [2.05, 4.69) is 16.0 Å². The number of carbonyl (C=O) groups is 1. The number of pyridine rings is 1. The highest BCUT2D eigenvalue weighted by molar-refractivity contribution is 7.99. The molecule has 4 nitrogen and oxygen atoms in total. The van der Waals surface area contributed by atoms with Gasteiger partial charge in [0.15, 0.2) is 0 Å². The van der Waals surface area contributed by atoms with Crippen molar-refractivity contribution in [3.05, 3.63) is 124 Å². The minimum absolute atomic E-state index is 0.115. The van der Waals surface area contributed by atoms with Gasteiger partial charge in [-0.25, -0.2) is 18.2 Å². The Morgan fingerprint density at radius 2 is 1.67 bits per heavy atom. The van der Waals surface area contributed by atoms with Crippen molar-refractivity contribution in [2.45, 2.75) is 35.0 Å². The molecule has 3 aromatic carbocycles. The number of likely N-dealkylation sites (tertiary alicyclic amines) is 1. The predicted octanol–water partition coefficient (Wildman–Crippen LogP) is 8.32. The second kappa shape index (κ2) is 12.2. The molecular weight excluding hydrogens is 591 g/mol. The molecule has 2 aliphatic heterocycles. The molecule has 220 valence electrons. The zero-order valence-electron chi connectivity index (χ0n) is 23.5. The van der Waals surface area contributed by atoms with E-state index in [1.54, 1.807) is 42.1 Å². The van der Waals surface area contributed by atoms with E-state index in [4.69, 9.17) is 11.6 Å². The second-order valence-corrected chi connectivity index (χ2v) is 12.6. The molecule has 0 bridgehead atoms. The Labute approximate surface area is 258 Å². The van der Waals surface area contributed by atoms with E-state index in [-0.39, 0.29) is 22.3 Å². The monoisotopic (exact) mass is 619 g/mol. The first-order valence-electron chi connectivity index (χ1n) is 14.1. The van der Waals surface area contributed by atoms with Crippen LogP contribution in [0.15, 0.2) is 88.7 Å². The van der Waals surface area contributed by atoms with Gasteiger partial charge in [-0.2, -0.15) is 0 Å². The van der Waals surface area contributed by atoms with Crippen molar-refractivity contribution in [1.82, 2.24) is 9.88 Å². The van der Waals surface area contributed by atoms with Gasteiger partial charge in [-0.1, -0.05) is 35.5 Å². The Kier molecular flexibility index (Phi) is 8.36. The summed E-state index contributed by atoms with van der Waals surface area (Å²) in [6.07, 6.45) is 5.26. The number of aryl methyl sites for hydroxylation is 1. The lowest BCUT2D eigenvalue weighted by Gasteiger charge is -2.39. The van der Waals surface area contributed by atoms with Crippen LogP contribution < -0.4 is 4.90 Å². The van der Waals surface area contributed by atoms with E-state index in [9.17, 15) is 18.0 Å². The third-order valence-electron chi connectivity index (χ3n) is 8.19. The molecule has 2 aliphatic rings. The molecule has 1 amide bonds. The molecule has 1 fully saturated rings. The van der Waals surface area contributed by atoms with Crippen LogP contribution in [0.5, 0.6) is 0 Å². The summed E-state index contributed by atoms with van der Waals surface area (Å²) < 4.78 is 40.8. The normalized spacial score (nSPS) is 16.3. The number of anilines is 1. The summed E-state index contributed by atoms with van der Waals surface area (Å²) in [7, 11) is 0. The van der Waals surface area contributed by atoms with E-state index >= 15 is 0 Å². The van der Waals surface area contributed by atoms with Crippen molar-refractivity contribution in [1.29, 1.82) is 0 Å². The topological polar surface area (TPSA) is 36.4 Å². The van der Waals surface area contributed by atoms with Gasteiger partial charge >= 0.3 is 0 Å². The maximum atomic E-state index is 14.0. The molecule has 0 aliphatic carbocycles. The first-order chi connectivity index (χ1) is 20.7. The van der Waals surface area contributed by atoms with Gasteiger partial charge in [-0.3, -0.25) is 9.69 Å². The van der Waals surface area contributed by atoms with Crippen molar-refractivity contribution in [3.63, 3.8) is 0 Å². The summed E-state index contributed by atoms with van der Waals surface area (Å²) in [6, 6.07) is 19.6. The van der Waals surface area contributed by atoms with Gasteiger partial charge in [0.05, 0.1) is 0 Å². The van der Waals surface area contributed by atoms with Gasteiger partial charge in [0.2, 0.25) is 0 Å². The van der Waals surface area contributed by atoms with Crippen LogP contribution in [-0.4, -0.2) is 42.0 Å². The quantitative estimate of drug-likeness (QED) is 0.203. The number of hydrogen-bond donors (Lipinski definition) is 0. The van der Waals surface area contributed by atoms with Crippen molar-refractivity contribution in [3.8, 4) is 0 Å². The average molecular weight is 620 g/mol. The molecule has 0 N–H and O–H groups in total. The van der Waals surface area contributed by atoms with Crippen LogP contribution in [0.4, 0.5) is 18.9 Å². The molecule has 4 aromatic rings. The highest BCUT2D eigenvalue weighted by Crippen LogP contribution is 2.49. The lowest BCUT2D eigenvalue weighted by Crippen LogP contribution is -2.46.